The second-order valence-electron chi connectivity index (χ2n) is 3.49. The number of aromatic amines is 1. The summed E-state index contributed by atoms with van der Waals surface area (Å²) < 4.78 is 0. The Morgan fingerprint density at radius 2 is 2.19 bits per heavy atom. The van der Waals surface area contributed by atoms with E-state index >= 15 is 0 Å². The van der Waals surface area contributed by atoms with E-state index < -0.39 is 5.91 Å². The van der Waals surface area contributed by atoms with E-state index in [1.54, 1.807) is 6.92 Å². The minimum atomic E-state index is -0.478. The third kappa shape index (κ3) is 3.56. The Hall–Kier alpha value is -2.11. The summed E-state index contributed by atoms with van der Waals surface area (Å²) in [5, 5.41) is 2.59. The Labute approximate surface area is 91.9 Å². The number of aromatic nitrogens is 1. The van der Waals surface area contributed by atoms with Gasteiger partial charge in [0.1, 0.15) is 0 Å². The first kappa shape index (κ1) is 12.0. The van der Waals surface area contributed by atoms with Crippen molar-refractivity contribution in [3.8, 4) is 0 Å². The smallest absolute Gasteiger partial charge is 0.252 e. The number of hydrogen-bond acceptors (Lipinski definition) is 3. The van der Waals surface area contributed by atoms with Crippen LogP contribution >= 0.6 is 0 Å². The number of hydrogen-bond donors (Lipinski definition) is 3. The van der Waals surface area contributed by atoms with Gasteiger partial charge < -0.3 is 16.0 Å². The minimum Gasteiger partial charge on any atom is -0.370 e. The van der Waals surface area contributed by atoms with Crippen LogP contribution in [-0.4, -0.2) is 22.8 Å². The molecule has 6 nitrogen and oxygen atoms in total. The topological polar surface area (TPSA) is 105 Å². The van der Waals surface area contributed by atoms with Crippen molar-refractivity contribution in [2.75, 3.05) is 0 Å². The number of H-pyrrole nitrogens is 1. The lowest BCUT2D eigenvalue weighted by atomic mass is 10.2. The molecule has 6 heteroatoms. The van der Waals surface area contributed by atoms with Crippen molar-refractivity contribution in [3.05, 3.63) is 34.2 Å². The first-order valence-electron chi connectivity index (χ1n) is 4.77. The molecular weight excluding hydrogens is 210 g/mol. The van der Waals surface area contributed by atoms with E-state index in [0.29, 0.717) is 5.56 Å². The van der Waals surface area contributed by atoms with Crippen molar-refractivity contribution in [3.63, 3.8) is 0 Å². The fourth-order valence-electron chi connectivity index (χ4n) is 1.21. The average molecular weight is 223 g/mol. The SMILES string of the molecule is CC(CC(N)=O)NC(=O)c1ccc(=O)[nH]c1. The maximum Gasteiger partial charge on any atom is 0.252 e. The second kappa shape index (κ2) is 5.11. The fourth-order valence-corrected chi connectivity index (χ4v) is 1.21. The van der Waals surface area contributed by atoms with Crippen molar-refractivity contribution < 1.29 is 9.59 Å². The van der Waals surface area contributed by atoms with E-state index in [1.807, 2.05) is 0 Å². The van der Waals surface area contributed by atoms with Gasteiger partial charge in [-0.05, 0) is 13.0 Å². The average Bonchev–Trinajstić information content (AvgIpc) is 2.16. The highest BCUT2D eigenvalue weighted by Gasteiger charge is 2.11. The molecule has 0 saturated carbocycles. The number of primary amides is 1. The highest BCUT2D eigenvalue weighted by atomic mass is 16.2. The predicted octanol–water partition coefficient (Wildman–Crippen LogP) is -0.631. The number of amides is 2. The maximum atomic E-state index is 11.6. The van der Waals surface area contributed by atoms with Crippen molar-refractivity contribution >= 4 is 11.8 Å². The molecule has 1 aromatic rings. The molecule has 0 fully saturated rings. The molecule has 0 aliphatic carbocycles. The van der Waals surface area contributed by atoms with E-state index in [-0.39, 0.29) is 23.9 Å². The molecule has 1 aromatic heterocycles. The molecule has 86 valence electrons. The van der Waals surface area contributed by atoms with Crippen molar-refractivity contribution in [1.82, 2.24) is 10.3 Å². The van der Waals surface area contributed by atoms with Crippen LogP contribution in [0.4, 0.5) is 0 Å². The fraction of sp³-hybridized carbons (Fsp3) is 0.300. The van der Waals surface area contributed by atoms with Crippen LogP contribution in [0.5, 0.6) is 0 Å². The summed E-state index contributed by atoms with van der Waals surface area (Å²) >= 11 is 0. The zero-order valence-electron chi connectivity index (χ0n) is 8.82. The van der Waals surface area contributed by atoms with Gasteiger partial charge in [-0.3, -0.25) is 14.4 Å². The van der Waals surface area contributed by atoms with Gasteiger partial charge >= 0.3 is 0 Å². The number of rotatable bonds is 4. The quantitative estimate of drug-likeness (QED) is 0.632. The molecule has 1 rings (SSSR count). The van der Waals surface area contributed by atoms with Crippen molar-refractivity contribution in [2.24, 2.45) is 5.73 Å². The minimum absolute atomic E-state index is 0.0785. The summed E-state index contributed by atoms with van der Waals surface area (Å²) in [7, 11) is 0. The Bertz CT molecular complexity index is 432. The summed E-state index contributed by atoms with van der Waals surface area (Å²) in [5.41, 5.74) is 5.04. The zero-order chi connectivity index (χ0) is 12.1. The van der Waals surface area contributed by atoms with Gasteiger partial charge in [0.25, 0.3) is 5.91 Å². The van der Waals surface area contributed by atoms with Gasteiger partial charge in [0.2, 0.25) is 11.5 Å². The Morgan fingerprint density at radius 1 is 1.50 bits per heavy atom. The molecule has 1 unspecified atom stereocenters. The van der Waals surface area contributed by atoms with Crippen LogP contribution in [0.2, 0.25) is 0 Å². The first-order chi connectivity index (χ1) is 7.49. The van der Waals surface area contributed by atoms with Crippen molar-refractivity contribution in [1.29, 1.82) is 0 Å². The van der Waals surface area contributed by atoms with Gasteiger partial charge in [-0.2, -0.15) is 0 Å². The second-order valence-corrected chi connectivity index (χ2v) is 3.49. The maximum absolute atomic E-state index is 11.6. The molecule has 0 spiro atoms. The normalized spacial score (nSPS) is 11.8. The molecular formula is C10H13N3O3. The molecule has 0 saturated heterocycles. The summed E-state index contributed by atoms with van der Waals surface area (Å²) in [6.45, 7) is 1.67. The molecule has 16 heavy (non-hydrogen) atoms. The summed E-state index contributed by atoms with van der Waals surface area (Å²) in [6, 6.07) is 2.33. The van der Waals surface area contributed by atoms with Gasteiger partial charge in [-0.15, -0.1) is 0 Å². The van der Waals surface area contributed by atoms with E-state index in [9.17, 15) is 14.4 Å². The van der Waals surface area contributed by atoms with Crippen LogP contribution in [0.15, 0.2) is 23.1 Å². The first-order valence-corrected chi connectivity index (χ1v) is 4.77. The van der Waals surface area contributed by atoms with E-state index in [4.69, 9.17) is 5.73 Å². The van der Waals surface area contributed by atoms with Crippen LogP contribution in [0.25, 0.3) is 0 Å². The number of carbonyl (C=O) groups is 2. The zero-order valence-corrected chi connectivity index (χ0v) is 8.82. The lowest BCUT2D eigenvalue weighted by molar-refractivity contribution is -0.118. The number of carbonyl (C=O) groups excluding carboxylic acids is 2. The predicted molar refractivity (Wildman–Crippen MR) is 57.8 cm³/mol. The molecule has 0 aromatic carbocycles. The molecule has 0 radical (unpaired) electrons. The molecule has 0 aliphatic rings. The molecule has 2 amide bonds. The van der Waals surface area contributed by atoms with Crippen LogP contribution < -0.4 is 16.6 Å². The highest BCUT2D eigenvalue weighted by molar-refractivity contribution is 5.94. The third-order valence-electron chi connectivity index (χ3n) is 1.93. The van der Waals surface area contributed by atoms with Crippen molar-refractivity contribution in [2.45, 2.75) is 19.4 Å². The number of pyridine rings is 1. The van der Waals surface area contributed by atoms with E-state index in [2.05, 4.69) is 10.3 Å². The van der Waals surface area contributed by atoms with Gasteiger partial charge in [0.05, 0.1) is 5.56 Å². The monoisotopic (exact) mass is 223 g/mol. The lowest BCUT2D eigenvalue weighted by Gasteiger charge is -2.11. The standard InChI is InChI=1S/C10H13N3O3/c1-6(4-8(11)14)13-10(16)7-2-3-9(15)12-5-7/h2-3,5-6H,4H2,1H3,(H2,11,14)(H,12,15)(H,13,16). The van der Waals surface area contributed by atoms with Gasteiger partial charge in [-0.25, -0.2) is 0 Å². The summed E-state index contributed by atoms with van der Waals surface area (Å²) in [4.78, 5) is 35.3. The van der Waals surface area contributed by atoms with Crippen LogP contribution in [0.3, 0.4) is 0 Å². The number of nitrogens with one attached hydrogen (secondary N) is 2. The molecule has 4 N–H and O–H groups in total. The van der Waals surface area contributed by atoms with Crippen LogP contribution in [0.1, 0.15) is 23.7 Å². The Kier molecular flexibility index (Phi) is 3.82. The van der Waals surface area contributed by atoms with Gasteiger partial charge in [0, 0.05) is 24.7 Å². The largest absolute Gasteiger partial charge is 0.370 e. The molecule has 0 bridgehead atoms. The lowest BCUT2D eigenvalue weighted by Crippen LogP contribution is -2.35. The Morgan fingerprint density at radius 3 is 2.69 bits per heavy atom. The Balaban J connectivity index is 2.62. The molecule has 0 aliphatic heterocycles. The highest BCUT2D eigenvalue weighted by Crippen LogP contribution is 1.96. The van der Waals surface area contributed by atoms with E-state index in [1.165, 1.54) is 18.3 Å². The van der Waals surface area contributed by atoms with Gasteiger partial charge in [-0.1, -0.05) is 0 Å². The number of nitrogens with two attached hydrogens (primary N) is 1. The molecule has 1 atom stereocenters. The third-order valence-corrected chi connectivity index (χ3v) is 1.93. The molecule has 1 heterocycles. The van der Waals surface area contributed by atoms with Crippen LogP contribution in [-0.2, 0) is 4.79 Å². The van der Waals surface area contributed by atoms with Crippen LogP contribution in [0, 0.1) is 0 Å². The summed E-state index contributed by atoms with van der Waals surface area (Å²) in [6.07, 6.45) is 1.39. The summed E-state index contributed by atoms with van der Waals surface area (Å²) in [5.74, 6) is -0.834. The van der Waals surface area contributed by atoms with Gasteiger partial charge in [0.15, 0.2) is 0 Å². The van der Waals surface area contributed by atoms with E-state index in [0.717, 1.165) is 0 Å².